The smallest absolute Gasteiger partial charge is 0.232 e. The van der Waals surface area contributed by atoms with Gasteiger partial charge in [0.1, 0.15) is 24.0 Å². The van der Waals surface area contributed by atoms with Crippen LogP contribution in [0.3, 0.4) is 0 Å². The van der Waals surface area contributed by atoms with Crippen molar-refractivity contribution in [3.63, 3.8) is 0 Å². The van der Waals surface area contributed by atoms with Crippen molar-refractivity contribution in [2.45, 2.75) is 20.0 Å². The third-order valence-electron chi connectivity index (χ3n) is 5.82. The lowest BCUT2D eigenvalue weighted by atomic mass is 9.98. The fraction of sp³-hybridized carbons (Fsp3) is 0.192. The molecule has 2 heterocycles. The number of ether oxygens (including phenoxy) is 3. The second-order valence-corrected chi connectivity index (χ2v) is 8.90. The molecule has 0 saturated carbocycles. The summed E-state index contributed by atoms with van der Waals surface area (Å²) in [5.74, 6) is 2.18. The highest BCUT2D eigenvalue weighted by Gasteiger charge is 2.35. The van der Waals surface area contributed by atoms with Crippen LogP contribution in [0.5, 0.6) is 17.2 Å². The van der Waals surface area contributed by atoms with Gasteiger partial charge in [-0.3, -0.25) is 9.69 Å². The zero-order chi connectivity index (χ0) is 23.1. The Kier molecular flexibility index (Phi) is 5.79. The number of carbonyl (C=O) groups excluding carboxylic acids is 1. The van der Waals surface area contributed by atoms with E-state index >= 15 is 0 Å². The van der Waals surface area contributed by atoms with Crippen molar-refractivity contribution in [3.05, 3.63) is 92.2 Å². The lowest BCUT2D eigenvalue weighted by Gasteiger charge is -2.30. The van der Waals surface area contributed by atoms with Crippen LogP contribution in [0.25, 0.3) is 6.08 Å². The highest BCUT2D eigenvalue weighted by atomic mass is 35.5. The molecule has 0 unspecified atom stereocenters. The number of benzene rings is 3. The summed E-state index contributed by atoms with van der Waals surface area (Å²) in [7, 11) is 1.66. The molecule has 3 aromatic rings. The summed E-state index contributed by atoms with van der Waals surface area (Å²) in [5, 5.41) is 0.980. The molecule has 2 aliphatic rings. The summed E-state index contributed by atoms with van der Waals surface area (Å²) < 4.78 is 17.7. The molecule has 0 atom stereocenters. The Morgan fingerprint density at radius 2 is 1.97 bits per heavy atom. The number of fused-ring (bicyclic) bond motifs is 3. The molecule has 7 heteroatoms. The molecule has 0 bridgehead atoms. The zero-order valence-electron chi connectivity index (χ0n) is 18.2. The molecule has 3 aromatic carbocycles. The molecule has 5 nitrogen and oxygen atoms in total. The molecule has 0 spiro atoms. The van der Waals surface area contributed by atoms with E-state index in [2.05, 4.69) is 4.90 Å². The first kappa shape index (κ1) is 21.8. The maximum absolute atomic E-state index is 13.2. The van der Waals surface area contributed by atoms with Gasteiger partial charge in [-0.2, -0.15) is 0 Å². The summed E-state index contributed by atoms with van der Waals surface area (Å²) in [6, 6.07) is 14.9. The van der Waals surface area contributed by atoms with Crippen LogP contribution in [0.1, 0.15) is 32.6 Å². The molecule has 168 valence electrons. The van der Waals surface area contributed by atoms with Crippen LogP contribution in [0, 0.1) is 6.92 Å². The number of para-hydroxylation sites is 1. The number of carbonyl (C=O) groups is 1. The van der Waals surface area contributed by atoms with Crippen LogP contribution in [0.15, 0.2) is 54.3 Å². The van der Waals surface area contributed by atoms with Crippen LogP contribution in [0.4, 0.5) is 0 Å². The van der Waals surface area contributed by atoms with Crippen LogP contribution in [0.2, 0.25) is 10.0 Å². The van der Waals surface area contributed by atoms with Gasteiger partial charge < -0.3 is 14.2 Å². The van der Waals surface area contributed by atoms with Crippen molar-refractivity contribution in [1.82, 2.24) is 4.90 Å². The van der Waals surface area contributed by atoms with E-state index in [4.69, 9.17) is 37.4 Å². The van der Waals surface area contributed by atoms with Crippen molar-refractivity contribution in [1.29, 1.82) is 0 Å². The number of ketones is 1. The predicted octanol–water partition coefficient (Wildman–Crippen LogP) is 6.28. The van der Waals surface area contributed by atoms with Crippen molar-refractivity contribution >= 4 is 35.1 Å². The number of nitrogens with zero attached hydrogens (tertiary/aromatic N) is 1. The molecule has 33 heavy (non-hydrogen) atoms. The van der Waals surface area contributed by atoms with Gasteiger partial charge in [0.2, 0.25) is 5.78 Å². The Morgan fingerprint density at radius 3 is 2.76 bits per heavy atom. The number of halogens is 2. The number of hydrogen-bond donors (Lipinski definition) is 0. The zero-order valence-corrected chi connectivity index (χ0v) is 19.7. The Labute approximate surface area is 202 Å². The fourth-order valence-corrected chi connectivity index (χ4v) is 4.67. The van der Waals surface area contributed by atoms with E-state index in [1.54, 1.807) is 31.4 Å². The second-order valence-electron chi connectivity index (χ2n) is 8.05. The predicted molar refractivity (Wildman–Crippen MR) is 128 cm³/mol. The number of aryl methyl sites for hydroxylation is 1. The SMILES string of the molecule is COc1ccccc1CN1COc2cc(C)c3c(c2C1)O/C(=C\c1ccc(Cl)cc1Cl)C3=O. The first-order valence-corrected chi connectivity index (χ1v) is 11.2. The first-order chi connectivity index (χ1) is 15.9. The number of methoxy groups -OCH3 is 1. The standard InChI is InChI=1S/C26H21Cl2NO4/c1-15-9-22-19(13-29(14-32-22)12-17-5-3-4-6-21(17)31-2)26-24(15)25(30)23(33-26)10-16-7-8-18(27)11-20(16)28/h3-11H,12-14H2,1-2H3/b23-10-. The molecule has 0 aliphatic carbocycles. The van der Waals surface area contributed by atoms with E-state index in [1.807, 2.05) is 37.3 Å². The Balaban J connectivity index is 1.47. The topological polar surface area (TPSA) is 48.0 Å². The molecule has 0 aromatic heterocycles. The van der Waals surface area contributed by atoms with Gasteiger partial charge in [0.25, 0.3) is 0 Å². The van der Waals surface area contributed by atoms with Gasteiger partial charge in [-0.1, -0.05) is 47.5 Å². The van der Waals surface area contributed by atoms with E-state index in [9.17, 15) is 4.79 Å². The highest BCUT2D eigenvalue weighted by molar-refractivity contribution is 6.35. The minimum atomic E-state index is -0.168. The molecule has 0 saturated heterocycles. The third-order valence-corrected chi connectivity index (χ3v) is 6.39. The molecule has 2 aliphatic heterocycles. The molecule has 0 N–H and O–H groups in total. The Hall–Kier alpha value is -2.99. The van der Waals surface area contributed by atoms with E-state index in [1.165, 1.54) is 0 Å². The van der Waals surface area contributed by atoms with Gasteiger partial charge >= 0.3 is 0 Å². The highest BCUT2D eigenvalue weighted by Crippen LogP contribution is 2.44. The average molecular weight is 482 g/mol. The van der Waals surface area contributed by atoms with Crippen molar-refractivity contribution in [3.8, 4) is 17.2 Å². The van der Waals surface area contributed by atoms with Crippen molar-refractivity contribution in [2.24, 2.45) is 0 Å². The quantitative estimate of drug-likeness (QED) is 0.410. The van der Waals surface area contributed by atoms with Gasteiger partial charge in [0, 0.05) is 28.7 Å². The summed E-state index contributed by atoms with van der Waals surface area (Å²) >= 11 is 12.3. The minimum absolute atomic E-state index is 0.168. The largest absolute Gasteiger partial charge is 0.496 e. The van der Waals surface area contributed by atoms with Crippen LogP contribution >= 0.6 is 23.2 Å². The lowest BCUT2D eigenvalue weighted by molar-refractivity contribution is 0.0864. The molecule has 0 radical (unpaired) electrons. The number of Topliss-reactive ketones (excluding diaryl/α,β-unsaturated/α-hetero) is 1. The summed E-state index contributed by atoms with van der Waals surface area (Å²) in [4.78, 5) is 15.3. The van der Waals surface area contributed by atoms with Crippen molar-refractivity contribution in [2.75, 3.05) is 13.8 Å². The summed E-state index contributed by atoms with van der Waals surface area (Å²) in [5.41, 5.74) is 3.96. The molecule has 0 fully saturated rings. The Bertz CT molecular complexity index is 1300. The van der Waals surface area contributed by atoms with Gasteiger partial charge in [-0.15, -0.1) is 0 Å². The Morgan fingerprint density at radius 1 is 1.15 bits per heavy atom. The van der Waals surface area contributed by atoms with E-state index in [-0.39, 0.29) is 11.5 Å². The van der Waals surface area contributed by atoms with Gasteiger partial charge in [-0.05, 0) is 48.4 Å². The van der Waals surface area contributed by atoms with E-state index in [0.717, 1.165) is 28.2 Å². The summed E-state index contributed by atoms with van der Waals surface area (Å²) in [6.45, 7) is 3.55. The molecular formula is C26H21Cl2NO4. The molecule has 5 rings (SSSR count). The normalized spacial score (nSPS) is 16.2. The fourth-order valence-electron chi connectivity index (χ4n) is 4.21. The number of allylic oxidation sites excluding steroid dienone is 1. The second kappa shape index (κ2) is 8.75. The third kappa shape index (κ3) is 4.08. The lowest BCUT2D eigenvalue weighted by Crippen LogP contribution is -2.32. The van der Waals surface area contributed by atoms with Crippen LogP contribution < -0.4 is 14.2 Å². The first-order valence-electron chi connectivity index (χ1n) is 10.5. The van der Waals surface area contributed by atoms with E-state index in [0.29, 0.717) is 46.7 Å². The monoisotopic (exact) mass is 481 g/mol. The number of hydrogen-bond acceptors (Lipinski definition) is 5. The van der Waals surface area contributed by atoms with Crippen LogP contribution in [-0.2, 0) is 13.1 Å². The van der Waals surface area contributed by atoms with E-state index < -0.39 is 0 Å². The van der Waals surface area contributed by atoms with Crippen molar-refractivity contribution < 1.29 is 19.0 Å². The van der Waals surface area contributed by atoms with Gasteiger partial charge in [0.15, 0.2) is 5.76 Å². The summed E-state index contributed by atoms with van der Waals surface area (Å²) in [6.07, 6.45) is 1.66. The molecule has 0 amide bonds. The van der Waals surface area contributed by atoms with Gasteiger partial charge in [-0.25, -0.2) is 0 Å². The maximum atomic E-state index is 13.2. The average Bonchev–Trinajstić information content (AvgIpc) is 3.13. The minimum Gasteiger partial charge on any atom is -0.496 e. The van der Waals surface area contributed by atoms with Crippen LogP contribution in [-0.4, -0.2) is 24.5 Å². The number of rotatable bonds is 4. The molecular weight excluding hydrogens is 461 g/mol. The maximum Gasteiger partial charge on any atom is 0.232 e. The van der Waals surface area contributed by atoms with Gasteiger partial charge in [0.05, 0.1) is 18.2 Å².